The zero-order chi connectivity index (χ0) is 15.9. The predicted octanol–water partition coefficient (Wildman–Crippen LogP) is 6.12. The second kappa shape index (κ2) is 5.43. The van der Waals surface area contributed by atoms with Gasteiger partial charge in [0, 0.05) is 11.3 Å². The van der Waals surface area contributed by atoms with Gasteiger partial charge in [0.1, 0.15) is 0 Å². The van der Waals surface area contributed by atoms with Crippen LogP contribution in [0.2, 0.25) is 0 Å². The molecule has 114 valence electrons. The van der Waals surface area contributed by atoms with E-state index in [-0.39, 0.29) is 5.41 Å². The van der Waals surface area contributed by atoms with Crippen molar-refractivity contribution in [1.82, 2.24) is 0 Å². The van der Waals surface area contributed by atoms with Gasteiger partial charge < -0.3 is 0 Å². The summed E-state index contributed by atoms with van der Waals surface area (Å²) in [5.74, 6) is 1.13. The van der Waals surface area contributed by atoms with E-state index in [9.17, 15) is 0 Å². The zero-order valence-electron chi connectivity index (χ0n) is 14.4. The topological polar surface area (TPSA) is 0 Å². The molecule has 0 fully saturated rings. The Kier molecular flexibility index (Phi) is 3.72. The van der Waals surface area contributed by atoms with Crippen LogP contribution in [0.15, 0.2) is 60.2 Å². The Morgan fingerprint density at radius 2 is 1.45 bits per heavy atom. The fraction of sp³-hybridized carbons (Fsp3) is 0.364. The van der Waals surface area contributed by atoms with Gasteiger partial charge in [-0.1, -0.05) is 93.4 Å². The average molecular weight is 290 g/mol. The van der Waals surface area contributed by atoms with Crippen molar-refractivity contribution >= 4 is 0 Å². The van der Waals surface area contributed by atoms with Gasteiger partial charge in [-0.05, 0) is 29.5 Å². The maximum Gasteiger partial charge on any atom is 0.0240 e. The van der Waals surface area contributed by atoms with Gasteiger partial charge in [-0.15, -0.1) is 0 Å². The van der Waals surface area contributed by atoms with E-state index in [2.05, 4.69) is 89.2 Å². The molecule has 0 nitrogen and oxygen atoms in total. The fourth-order valence-electron chi connectivity index (χ4n) is 3.23. The molecule has 1 atom stereocenters. The highest BCUT2D eigenvalue weighted by molar-refractivity contribution is 5.54. The van der Waals surface area contributed by atoms with Crippen molar-refractivity contribution in [2.75, 3.05) is 0 Å². The first kappa shape index (κ1) is 15.1. The molecular formula is C22H26. The third-order valence-corrected chi connectivity index (χ3v) is 5.03. The fourth-order valence-corrected chi connectivity index (χ4v) is 3.23. The molecule has 1 aliphatic carbocycles. The van der Waals surface area contributed by atoms with Gasteiger partial charge >= 0.3 is 0 Å². The minimum Gasteiger partial charge on any atom is -0.0719 e. The summed E-state index contributed by atoms with van der Waals surface area (Å²) in [6.45, 7) is 11.3. The van der Waals surface area contributed by atoms with Crippen LogP contribution in [0.1, 0.15) is 61.8 Å². The smallest absolute Gasteiger partial charge is 0.0240 e. The Morgan fingerprint density at radius 1 is 0.864 bits per heavy atom. The molecule has 0 amide bonds. The van der Waals surface area contributed by atoms with Crippen LogP contribution < -0.4 is 0 Å². The normalized spacial score (nSPS) is 17.5. The monoisotopic (exact) mass is 290 g/mol. The Labute approximate surface area is 134 Å². The van der Waals surface area contributed by atoms with Crippen LogP contribution in [0.4, 0.5) is 0 Å². The SMILES string of the molecule is Cc1ccc(C(C)(C)C2=CC2c2ccc(C(C)C)cc2)cc1. The number of hydrogen-bond donors (Lipinski definition) is 0. The molecule has 0 heterocycles. The minimum absolute atomic E-state index is 0.120. The van der Waals surface area contributed by atoms with Crippen molar-refractivity contribution in [3.8, 4) is 0 Å². The molecule has 0 radical (unpaired) electrons. The molecule has 2 aromatic rings. The molecule has 0 aliphatic heterocycles. The number of rotatable bonds is 4. The van der Waals surface area contributed by atoms with Gasteiger partial charge in [-0.2, -0.15) is 0 Å². The third-order valence-electron chi connectivity index (χ3n) is 5.03. The standard InChI is InChI=1S/C22H26/c1-15(2)17-8-10-18(11-9-17)20-14-21(20)22(4,5)19-12-6-16(3)7-13-19/h6-15,20H,1-5H3. The van der Waals surface area contributed by atoms with Crippen LogP contribution in [-0.2, 0) is 5.41 Å². The summed E-state index contributed by atoms with van der Waals surface area (Å²) in [7, 11) is 0. The summed E-state index contributed by atoms with van der Waals surface area (Å²) in [6.07, 6.45) is 2.42. The molecule has 0 saturated carbocycles. The Bertz CT molecular complexity index is 682. The zero-order valence-corrected chi connectivity index (χ0v) is 14.4. The summed E-state index contributed by atoms with van der Waals surface area (Å²) in [4.78, 5) is 0. The second-order valence-electron chi connectivity index (χ2n) is 7.41. The highest BCUT2D eigenvalue weighted by Crippen LogP contribution is 2.51. The predicted molar refractivity (Wildman–Crippen MR) is 95.6 cm³/mol. The number of hydrogen-bond acceptors (Lipinski definition) is 0. The van der Waals surface area contributed by atoms with Crippen molar-refractivity contribution in [3.63, 3.8) is 0 Å². The number of allylic oxidation sites excluding steroid dienone is 2. The van der Waals surface area contributed by atoms with Crippen molar-refractivity contribution in [2.45, 2.75) is 51.9 Å². The molecular weight excluding hydrogens is 264 g/mol. The van der Waals surface area contributed by atoms with Crippen molar-refractivity contribution in [2.24, 2.45) is 0 Å². The average Bonchev–Trinajstić information content (AvgIpc) is 3.29. The largest absolute Gasteiger partial charge is 0.0719 e. The van der Waals surface area contributed by atoms with Gasteiger partial charge in [-0.3, -0.25) is 0 Å². The van der Waals surface area contributed by atoms with Gasteiger partial charge in [0.2, 0.25) is 0 Å². The van der Waals surface area contributed by atoms with E-state index in [1.165, 1.54) is 22.3 Å². The lowest BCUT2D eigenvalue weighted by Gasteiger charge is -2.24. The van der Waals surface area contributed by atoms with E-state index >= 15 is 0 Å². The van der Waals surface area contributed by atoms with E-state index in [0.29, 0.717) is 11.8 Å². The maximum absolute atomic E-state index is 2.42. The van der Waals surface area contributed by atoms with Crippen molar-refractivity contribution < 1.29 is 0 Å². The molecule has 0 saturated heterocycles. The molecule has 0 spiro atoms. The Balaban J connectivity index is 1.78. The summed E-state index contributed by atoms with van der Waals surface area (Å²) >= 11 is 0. The minimum atomic E-state index is 0.120. The molecule has 22 heavy (non-hydrogen) atoms. The molecule has 1 unspecified atom stereocenters. The van der Waals surface area contributed by atoms with Crippen LogP contribution in [0.25, 0.3) is 0 Å². The second-order valence-corrected chi connectivity index (χ2v) is 7.41. The lowest BCUT2D eigenvalue weighted by molar-refractivity contribution is 0.631. The summed E-state index contributed by atoms with van der Waals surface area (Å²) in [6, 6.07) is 18.1. The first-order valence-electron chi connectivity index (χ1n) is 8.29. The summed E-state index contributed by atoms with van der Waals surface area (Å²) in [5.41, 5.74) is 7.25. The Hall–Kier alpha value is -1.82. The highest BCUT2D eigenvalue weighted by Gasteiger charge is 2.39. The van der Waals surface area contributed by atoms with E-state index in [1.807, 2.05) is 0 Å². The molecule has 2 aromatic carbocycles. The molecule has 0 bridgehead atoms. The van der Waals surface area contributed by atoms with E-state index in [0.717, 1.165) is 0 Å². The lowest BCUT2D eigenvalue weighted by Crippen LogP contribution is -2.17. The molecule has 0 heteroatoms. The first-order chi connectivity index (χ1) is 10.4. The van der Waals surface area contributed by atoms with Crippen LogP contribution in [-0.4, -0.2) is 0 Å². The van der Waals surface area contributed by atoms with Gasteiger partial charge in [0.15, 0.2) is 0 Å². The Morgan fingerprint density at radius 3 is 2.00 bits per heavy atom. The van der Waals surface area contributed by atoms with E-state index < -0.39 is 0 Å². The van der Waals surface area contributed by atoms with Crippen molar-refractivity contribution in [1.29, 1.82) is 0 Å². The van der Waals surface area contributed by atoms with Crippen LogP contribution in [0.5, 0.6) is 0 Å². The quantitative estimate of drug-likeness (QED) is 0.595. The molecule has 0 aromatic heterocycles. The van der Waals surface area contributed by atoms with Crippen molar-refractivity contribution in [3.05, 3.63) is 82.4 Å². The van der Waals surface area contributed by atoms with E-state index in [4.69, 9.17) is 0 Å². The molecule has 3 rings (SSSR count). The highest BCUT2D eigenvalue weighted by atomic mass is 14.4. The van der Waals surface area contributed by atoms with Crippen LogP contribution in [0, 0.1) is 6.92 Å². The molecule has 1 aliphatic rings. The lowest BCUT2D eigenvalue weighted by atomic mass is 9.79. The van der Waals surface area contributed by atoms with Gasteiger partial charge in [-0.25, -0.2) is 0 Å². The van der Waals surface area contributed by atoms with Crippen LogP contribution in [0.3, 0.4) is 0 Å². The first-order valence-corrected chi connectivity index (χ1v) is 8.29. The van der Waals surface area contributed by atoms with Gasteiger partial charge in [0.05, 0.1) is 0 Å². The number of aryl methyl sites for hydroxylation is 1. The summed E-state index contributed by atoms with van der Waals surface area (Å²) < 4.78 is 0. The third kappa shape index (κ3) is 2.75. The summed E-state index contributed by atoms with van der Waals surface area (Å²) in [5, 5.41) is 0. The maximum atomic E-state index is 2.42. The number of benzene rings is 2. The van der Waals surface area contributed by atoms with Crippen LogP contribution >= 0.6 is 0 Å². The van der Waals surface area contributed by atoms with Gasteiger partial charge in [0.25, 0.3) is 0 Å². The van der Waals surface area contributed by atoms with E-state index in [1.54, 1.807) is 5.57 Å². The molecule has 0 N–H and O–H groups in total.